The van der Waals surface area contributed by atoms with Crippen LogP contribution in [0.3, 0.4) is 0 Å². The molecule has 2 aliphatic carbocycles. The van der Waals surface area contributed by atoms with E-state index in [1.54, 1.807) is 6.92 Å². The molecule has 1 heterocycles. The van der Waals surface area contributed by atoms with Gasteiger partial charge in [-0.3, -0.25) is 4.79 Å². The van der Waals surface area contributed by atoms with E-state index in [9.17, 15) is 20.1 Å². The first-order valence-electron chi connectivity index (χ1n) is 16.2. The molecule has 1 aliphatic heterocycles. The van der Waals surface area contributed by atoms with Crippen molar-refractivity contribution in [3.63, 3.8) is 0 Å². The molecule has 3 aliphatic rings. The summed E-state index contributed by atoms with van der Waals surface area (Å²) in [6, 6.07) is 0. The number of ether oxygens (including phenoxy) is 1. The normalized spacial score (nSPS) is 33.9. The fraction of sp³-hybridized carbons (Fsp3) is 0.550. The van der Waals surface area contributed by atoms with E-state index in [4.69, 9.17) is 4.74 Å². The van der Waals surface area contributed by atoms with Crippen LogP contribution in [0.4, 0.5) is 0 Å². The van der Waals surface area contributed by atoms with E-state index in [0.717, 1.165) is 22.3 Å². The van der Waals surface area contributed by atoms with Crippen molar-refractivity contribution in [2.75, 3.05) is 0 Å². The van der Waals surface area contributed by atoms with E-state index in [0.29, 0.717) is 37.7 Å². The number of aliphatic hydroxyl groups is 3. The van der Waals surface area contributed by atoms with Gasteiger partial charge in [0.25, 0.3) is 0 Å². The summed E-state index contributed by atoms with van der Waals surface area (Å²) >= 11 is 0. The summed E-state index contributed by atoms with van der Waals surface area (Å²) in [7, 11) is 0. The number of aliphatic hydroxyl groups excluding tert-OH is 2. The minimum Gasteiger partial charge on any atom is -0.393 e. The van der Waals surface area contributed by atoms with Crippen molar-refractivity contribution in [2.45, 2.75) is 130 Å². The fourth-order valence-electron chi connectivity index (χ4n) is 7.48. The first kappa shape index (κ1) is 36.7. The quantitative estimate of drug-likeness (QED) is 0.0998. The highest BCUT2D eigenvalue weighted by molar-refractivity contribution is 5.96. The zero-order valence-electron chi connectivity index (χ0n) is 29.2. The molecule has 0 radical (unpaired) electrons. The minimum absolute atomic E-state index is 0.0863. The Bertz CT molecular complexity index is 1400. The molecule has 0 spiro atoms. The van der Waals surface area contributed by atoms with Gasteiger partial charge in [0.2, 0.25) is 0 Å². The molecule has 5 nitrogen and oxygen atoms in total. The molecule has 5 heteroatoms. The number of epoxide rings is 1. The number of allylic oxidation sites excluding steroid dienone is 14. The monoisotopic (exact) mass is 616 g/mol. The Kier molecular flexibility index (Phi) is 11.3. The fourth-order valence-corrected chi connectivity index (χ4v) is 7.48. The van der Waals surface area contributed by atoms with Crippen LogP contribution in [0.2, 0.25) is 0 Å². The molecule has 1 saturated heterocycles. The molecule has 0 unspecified atom stereocenters. The second-order valence-electron chi connectivity index (χ2n) is 15.3. The van der Waals surface area contributed by atoms with E-state index in [-0.39, 0.29) is 22.7 Å². The number of Topliss-reactive ketones (excluding diaryl/α,β-unsaturated/α-hetero) is 1. The summed E-state index contributed by atoms with van der Waals surface area (Å²) < 4.78 is 6.18. The predicted octanol–water partition coefficient (Wildman–Crippen LogP) is 8.12. The highest BCUT2D eigenvalue weighted by Crippen LogP contribution is 2.67. The van der Waals surface area contributed by atoms with Gasteiger partial charge in [0.05, 0.1) is 23.4 Å². The predicted molar refractivity (Wildman–Crippen MR) is 185 cm³/mol. The van der Waals surface area contributed by atoms with Crippen LogP contribution in [0.15, 0.2) is 100 Å². The molecule has 3 rings (SSSR count). The summed E-state index contributed by atoms with van der Waals surface area (Å²) in [5.41, 5.74) is 5.48. The number of hydrogen-bond acceptors (Lipinski definition) is 5. The third kappa shape index (κ3) is 8.93. The van der Waals surface area contributed by atoms with Crippen molar-refractivity contribution in [3.8, 4) is 0 Å². The number of ketones is 1. The minimum atomic E-state index is -1.07. The number of rotatable bonds is 10. The van der Waals surface area contributed by atoms with Crippen molar-refractivity contribution < 1.29 is 24.9 Å². The van der Waals surface area contributed by atoms with E-state index < -0.39 is 22.9 Å². The molecule has 0 aromatic carbocycles. The first-order valence-corrected chi connectivity index (χ1v) is 16.2. The van der Waals surface area contributed by atoms with Gasteiger partial charge in [-0.05, 0) is 82.4 Å². The van der Waals surface area contributed by atoms with Crippen molar-refractivity contribution in [2.24, 2.45) is 10.8 Å². The maximum Gasteiger partial charge on any atom is 0.161 e. The van der Waals surface area contributed by atoms with E-state index in [1.165, 1.54) is 0 Å². The molecule has 0 aromatic rings. The lowest BCUT2D eigenvalue weighted by molar-refractivity contribution is -0.118. The largest absolute Gasteiger partial charge is 0.393 e. The second-order valence-corrected chi connectivity index (χ2v) is 15.3. The van der Waals surface area contributed by atoms with Gasteiger partial charge in [0.1, 0.15) is 5.60 Å². The average molecular weight is 617 g/mol. The molecule has 0 bridgehead atoms. The maximum absolute atomic E-state index is 13.1. The Balaban J connectivity index is 1.53. The van der Waals surface area contributed by atoms with Crippen LogP contribution in [-0.2, 0) is 9.53 Å². The maximum atomic E-state index is 13.1. The number of carbonyl (C=O) groups excluding carboxylic acids is 1. The van der Waals surface area contributed by atoms with E-state index in [2.05, 4.69) is 19.6 Å². The van der Waals surface area contributed by atoms with Gasteiger partial charge >= 0.3 is 0 Å². The molecule has 5 atom stereocenters. The summed E-state index contributed by atoms with van der Waals surface area (Å²) in [4.78, 5) is 13.1. The van der Waals surface area contributed by atoms with Crippen molar-refractivity contribution >= 4 is 5.78 Å². The standard InChI is InChI=1S/C40H56O5/c1-28(17-13-18-30(3)21-22-35-36(5,6)23-32(41)25-38(35,9)44)15-11-12-16-29(2)19-14-20-31(4)34(43)27-40-37(7,8)24-33(42)26-39(40,10)45-40/h11-21,32-33,41-42,44H,23-27H2,1-10H3/t22?,32-,33-,38+,39+,40-/m0/s1. The zero-order chi connectivity index (χ0) is 33.8. The average Bonchev–Trinajstić information content (AvgIpc) is 3.49. The van der Waals surface area contributed by atoms with Gasteiger partial charge in [-0.2, -0.15) is 0 Å². The van der Waals surface area contributed by atoms with Gasteiger partial charge in [-0.15, -0.1) is 5.73 Å². The van der Waals surface area contributed by atoms with Crippen LogP contribution in [0.1, 0.15) is 101 Å². The highest BCUT2D eigenvalue weighted by Gasteiger charge is 2.76. The third-order valence-electron chi connectivity index (χ3n) is 9.82. The molecule has 3 N–H and O–H groups in total. The Hall–Kier alpha value is -2.79. The first-order chi connectivity index (χ1) is 20.7. The third-order valence-corrected chi connectivity index (χ3v) is 9.82. The van der Waals surface area contributed by atoms with Crippen molar-refractivity contribution in [1.82, 2.24) is 0 Å². The molecule has 246 valence electrons. The van der Waals surface area contributed by atoms with Crippen LogP contribution < -0.4 is 0 Å². The zero-order valence-corrected chi connectivity index (χ0v) is 29.2. The van der Waals surface area contributed by atoms with Crippen LogP contribution in [0.25, 0.3) is 0 Å². The topological polar surface area (TPSA) is 90.3 Å². The molecule has 0 amide bonds. The summed E-state index contributed by atoms with van der Waals surface area (Å²) in [5.74, 6) is 0.0863. The lowest BCUT2D eigenvalue weighted by atomic mass is 9.61. The SMILES string of the molecule is CC(C=C=C1C(C)(C)C[C@H](O)C[C@@]1(C)O)=CC=CC(C)=CC=CC=C(C)C=CC=C(C)C(=O)C[C@@]12O[C@]1(C)C[C@@H](O)CC2(C)C. The van der Waals surface area contributed by atoms with Crippen molar-refractivity contribution in [3.05, 3.63) is 100 Å². The summed E-state index contributed by atoms with van der Waals surface area (Å²) in [5, 5.41) is 31.2. The van der Waals surface area contributed by atoms with Gasteiger partial charge in [0.15, 0.2) is 5.78 Å². The number of fused-ring (bicyclic) bond motifs is 1. The van der Waals surface area contributed by atoms with Crippen molar-refractivity contribution in [1.29, 1.82) is 0 Å². The Morgan fingerprint density at radius 2 is 1.31 bits per heavy atom. The molecule has 3 fully saturated rings. The van der Waals surface area contributed by atoms with Gasteiger partial charge in [-0.25, -0.2) is 0 Å². The molecular weight excluding hydrogens is 560 g/mol. The lowest BCUT2D eigenvalue weighted by Gasteiger charge is -2.43. The van der Waals surface area contributed by atoms with Gasteiger partial charge < -0.3 is 20.1 Å². The molecule has 45 heavy (non-hydrogen) atoms. The second kappa shape index (κ2) is 13.9. The van der Waals surface area contributed by atoms with Gasteiger partial charge in [-0.1, -0.05) is 99.6 Å². The smallest absolute Gasteiger partial charge is 0.161 e. The summed E-state index contributed by atoms with van der Waals surface area (Å²) in [6.07, 6.45) is 23.4. The molecule has 0 aromatic heterocycles. The molecular formula is C40H56O5. The number of carbonyl (C=O) groups is 1. The van der Waals surface area contributed by atoms with E-state index in [1.807, 2.05) is 115 Å². The van der Waals surface area contributed by atoms with Crippen LogP contribution in [-0.4, -0.2) is 50.1 Å². The van der Waals surface area contributed by atoms with Crippen LogP contribution in [0.5, 0.6) is 0 Å². The lowest BCUT2D eigenvalue weighted by Crippen LogP contribution is -2.48. The Morgan fingerprint density at radius 1 is 0.778 bits per heavy atom. The van der Waals surface area contributed by atoms with Crippen LogP contribution >= 0.6 is 0 Å². The number of hydrogen-bond donors (Lipinski definition) is 3. The summed E-state index contributed by atoms with van der Waals surface area (Å²) in [6.45, 7) is 20.0. The molecule has 2 saturated carbocycles. The van der Waals surface area contributed by atoms with Gasteiger partial charge in [0, 0.05) is 24.8 Å². The highest BCUT2D eigenvalue weighted by atomic mass is 16.6. The van der Waals surface area contributed by atoms with Crippen LogP contribution in [0, 0.1) is 10.8 Å². The Labute approximate surface area is 271 Å². The van der Waals surface area contributed by atoms with E-state index >= 15 is 0 Å². The Morgan fingerprint density at radius 3 is 1.87 bits per heavy atom.